The van der Waals surface area contributed by atoms with Gasteiger partial charge in [0.15, 0.2) is 0 Å². The lowest BCUT2D eigenvalue weighted by molar-refractivity contribution is -0.0218. The maximum Gasteiger partial charge on any atom is 0.143 e. The van der Waals surface area contributed by atoms with Gasteiger partial charge in [-0.1, -0.05) is 12.1 Å². The number of nitrogens with zero attached hydrogens (tertiary/aromatic N) is 4. The summed E-state index contributed by atoms with van der Waals surface area (Å²) in [6.07, 6.45) is 4.91. The van der Waals surface area contributed by atoms with E-state index in [4.69, 9.17) is 5.73 Å². The molecule has 4 heterocycles. The monoisotopic (exact) mass is 494 g/mol. The number of nitrogens with two attached hydrogens (primary N) is 1. The molecule has 1 spiro atoms. The Labute approximate surface area is 192 Å². The minimum absolute atomic E-state index is 0.0652. The first-order valence-electron chi connectivity index (χ1n) is 10.7. The fourth-order valence-corrected chi connectivity index (χ4v) is 5.88. The van der Waals surface area contributed by atoms with Crippen LogP contribution in [0.25, 0.3) is 21.9 Å². The number of aliphatic hydroxyl groups excluding tert-OH is 2. The molecular weight excluding hydrogens is 472 g/mol. The Morgan fingerprint density at radius 3 is 2.91 bits per heavy atom. The summed E-state index contributed by atoms with van der Waals surface area (Å²) in [7, 11) is 0. The number of benzene rings is 1. The molecule has 0 unspecified atom stereocenters. The van der Waals surface area contributed by atoms with Crippen molar-refractivity contribution in [3.05, 3.63) is 59.1 Å². The molecule has 0 amide bonds. The first-order valence-corrected chi connectivity index (χ1v) is 11.5. The number of anilines is 1. The average molecular weight is 495 g/mol. The number of pyridine rings is 1. The standard InChI is InChI=1S/C23H23BrN6O2/c24-15-5-12-1-2-13(6-16(12)29-21(15)25)17-7-23(10-27-17)8-18(19(31)20(23)32)30-4-3-14-9-26-11-28-22(14)30/h1-6,9,11,17-20,27,31-32H,7-8,10H2,(H2,25,29)/t17-,18-,19+,20+,23+/m1/s1. The molecule has 5 N–H and O–H groups in total. The quantitative estimate of drug-likeness (QED) is 0.337. The summed E-state index contributed by atoms with van der Waals surface area (Å²) in [6.45, 7) is 0.633. The summed E-state index contributed by atoms with van der Waals surface area (Å²) in [6, 6.07) is 9.93. The van der Waals surface area contributed by atoms with Crippen molar-refractivity contribution in [1.29, 1.82) is 0 Å². The average Bonchev–Trinajstić information content (AvgIpc) is 3.48. The maximum atomic E-state index is 11.1. The lowest BCUT2D eigenvalue weighted by atomic mass is 9.80. The van der Waals surface area contributed by atoms with E-state index in [1.54, 1.807) is 6.20 Å². The van der Waals surface area contributed by atoms with Gasteiger partial charge in [-0.25, -0.2) is 15.0 Å². The summed E-state index contributed by atoms with van der Waals surface area (Å²) in [4.78, 5) is 13.0. The van der Waals surface area contributed by atoms with E-state index in [9.17, 15) is 10.2 Å². The van der Waals surface area contributed by atoms with E-state index in [0.717, 1.165) is 38.4 Å². The molecule has 1 saturated heterocycles. The highest BCUT2D eigenvalue weighted by Gasteiger charge is 2.56. The molecule has 1 aliphatic heterocycles. The molecule has 6 rings (SSSR count). The summed E-state index contributed by atoms with van der Waals surface area (Å²) < 4.78 is 2.76. The summed E-state index contributed by atoms with van der Waals surface area (Å²) >= 11 is 3.43. The van der Waals surface area contributed by atoms with Crippen LogP contribution in [-0.4, -0.2) is 48.5 Å². The zero-order valence-corrected chi connectivity index (χ0v) is 18.8. The van der Waals surface area contributed by atoms with Crippen molar-refractivity contribution in [2.75, 3.05) is 12.3 Å². The number of rotatable bonds is 2. The molecule has 4 aromatic rings. The van der Waals surface area contributed by atoms with Crippen LogP contribution in [0.2, 0.25) is 0 Å². The third-order valence-electron chi connectivity index (χ3n) is 7.23. The Morgan fingerprint density at radius 2 is 2.03 bits per heavy atom. The van der Waals surface area contributed by atoms with E-state index in [0.29, 0.717) is 18.8 Å². The number of nitrogens with one attached hydrogen (secondary N) is 1. The fraction of sp³-hybridized carbons (Fsp3) is 0.348. The van der Waals surface area contributed by atoms with Crippen molar-refractivity contribution in [2.24, 2.45) is 5.41 Å². The normalized spacial score (nSPS) is 30.1. The van der Waals surface area contributed by atoms with Gasteiger partial charge in [0, 0.05) is 41.2 Å². The number of fused-ring (bicyclic) bond motifs is 2. The van der Waals surface area contributed by atoms with Gasteiger partial charge < -0.3 is 25.8 Å². The first kappa shape index (κ1) is 20.0. The number of nitrogen functional groups attached to an aromatic ring is 1. The van der Waals surface area contributed by atoms with Crippen molar-refractivity contribution >= 4 is 43.7 Å². The Bertz CT molecular complexity index is 1340. The second-order valence-electron chi connectivity index (χ2n) is 9.04. The third kappa shape index (κ3) is 2.96. The molecule has 0 radical (unpaired) electrons. The molecule has 0 bridgehead atoms. The van der Waals surface area contributed by atoms with E-state index >= 15 is 0 Å². The van der Waals surface area contributed by atoms with Crippen molar-refractivity contribution in [2.45, 2.75) is 37.1 Å². The van der Waals surface area contributed by atoms with E-state index < -0.39 is 17.6 Å². The van der Waals surface area contributed by atoms with Gasteiger partial charge in [0.25, 0.3) is 0 Å². The lowest BCUT2D eigenvalue weighted by Gasteiger charge is -2.27. The SMILES string of the molecule is Nc1nc2cc([C@H]3C[C@@]4(CN3)C[C@@H](n3ccc5cncnc53)[C@H](O)[C@@H]4O)ccc2cc1Br. The lowest BCUT2D eigenvalue weighted by Crippen LogP contribution is -2.38. The number of hydrogen-bond acceptors (Lipinski definition) is 7. The molecule has 1 aromatic carbocycles. The van der Waals surface area contributed by atoms with Gasteiger partial charge in [-0.2, -0.15) is 0 Å². The summed E-state index contributed by atoms with van der Waals surface area (Å²) in [5.74, 6) is 0.463. The molecule has 2 fully saturated rings. The summed E-state index contributed by atoms with van der Waals surface area (Å²) in [5, 5.41) is 27.6. The molecule has 5 atom stereocenters. The van der Waals surface area contributed by atoms with Crippen LogP contribution in [0.3, 0.4) is 0 Å². The first-order chi connectivity index (χ1) is 15.4. The van der Waals surface area contributed by atoms with Crippen LogP contribution in [-0.2, 0) is 0 Å². The topological polar surface area (TPSA) is 122 Å². The summed E-state index contributed by atoms with van der Waals surface area (Å²) in [5.41, 5.74) is 8.28. The molecule has 3 aromatic heterocycles. The molecule has 9 heteroatoms. The van der Waals surface area contributed by atoms with Crippen LogP contribution in [0.5, 0.6) is 0 Å². The molecule has 1 aliphatic carbocycles. The van der Waals surface area contributed by atoms with Crippen molar-refractivity contribution < 1.29 is 10.2 Å². The molecule has 32 heavy (non-hydrogen) atoms. The Balaban J connectivity index is 1.30. The van der Waals surface area contributed by atoms with Gasteiger partial charge in [-0.3, -0.25) is 0 Å². The largest absolute Gasteiger partial charge is 0.390 e. The van der Waals surface area contributed by atoms with E-state index in [1.807, 2.05) is 29.0 Å². The van der Waals surface area contributed by atoms with Crippen LogP contribution in [0.4, 0.5) is 5.82 Å². The highest BCUT2D eigenvalue weighted by molar-refractivity contribution is 9.10. The van der Waals surface area contributed by atoms with E-state index in [1.165, 1.54) is 6.33 Å². The number of aliphatic hydroxyl groups is 2. The number of halogens is 1. The van der Waals surface area contributed by atoms with E-state index in [-0.39, 0.29) is 12.1 Å². The highest BCUT2D eigenvalue weighted by atomic mass is 79.9. The zero-order valence-electron chi connectivity index (χ0n) is 17.2. The molecule has 1 saturated carbocycles. The maximum absolute atomic E-state index is 11.1. The van der Waals surface area contributed by atoms with Gasteiger partial charge in [0.05, 0.1) is 22.1 Å². The molecule has 164 valence electrons. The second kappa shape index (κ2) is 7.21. The predicted molar refractivity (Wildman–Crippen MR) is 125 cm³/mol. The third-order valence-corrected chi connectivity index (χ3v) is 7.87. The van der Waals surface area contributed by atoms with Crippen molar-refractivity contribution in [3.8, 4) is 0 Å². The van der Waals surface area contributed by atoms with Crippen LogP contribution in [0, 0.1) is 5.41 Å². The predicted octanol–water partition coefficient (Wildman–Crippen LogP) is 2.71. The van der Waals surface area contributed by atoms with E-state index in [2.05, 4.69) is 48.3 Å². The number of hydrogen-bond donors (Lipinski definition) is 4. The van der Waals surface area contributed by atoms with Gasteiger partial charge in [-0.05, 0) is 52.5 Å². The van der Waals surface area contributed by atoms with Gasteiger partial charge in [-0.15, -0.1) is 0 Å². The van der Waals surface area contributed by atoms with Crippen LogP contribution < -0.4 is 11.1 Å². The number of aromatic nitrogens is 4. The smallest absolute Gasteiger partial charge is 0.143 e. The van der Waals surface area contributed by atoms with Crippen LogP contribution in [0.15, 0.2) is 53.5 Å². The Kier molecular flexibility index (Phi) is 4.52. The zero-order chi connectivity index (χ0) is 22.0. The Morgan fingerprint density at radius 1 is 1.16 bits per heavy atom. The van der Waals surface area contributed by atoms with Crippen LogP contribution >= 0.6 is 15.9 Å². The Hall–Kier alpha value is -2.59. The van der Waals surface area contributed by atoms with Gasteiger partial charge in [0.2, 0.25) is 0 Å². The minimum Gasteiger partial charge on any atom is -0.390 e. The van der Waals surface area contributed by atoms with Gasteiger partial charge >= 0.3 is 0 Å². The van der Waals surface area contributed by atoms with Gasteiger partial charge in [0.1, 0.15) is 23.9 Å². The second-order valence-corrected chi connectivity index (χ2v) is 9.89. The molecular formula is C23H23BrN6O2. The fourth-order valence-electron chi connectivity index (χ4n) is 5.54. The molecule has 8 nitrogen and oxygen atoms in total. The van der Waals surface area contributed by atoms with Crippen LogP contribution in [0.1, 0.15) is 30.5 Å². The molecule has 2 aliphatic rings. The van der Waals surface area contributed by atoms with Crippen molar-refractivity contribution in [3.63, 3.8) is 0 Å². The van der Waals surface area contributed by atoms with Crippen molar-refractivity contribution in [1.82, 2.24) is 24.8 Å². The highest BCUT2D eigenvalue weighted by Crippen LogP contribution is 2.52. The minimum atomic E-state index is -0.864.